The Morgan fingerprint density at radius 3 is 2.09 bits per heavy atom. The summed E-state index contributed by atoms with van der Waals surface area (Å²) in [7, 11) is 0. The predicted octanol–water partition coefficient (Wildman–Crippen LogP) is 6.75. The lowest BCUT2D eigenvalue weighted by atomic mass is 10.2. The van der Waals surface area contributed by atoms with E-state index in [4.69, 9.17) is 20.6 Å². The molecule has 0 aliphatic heterocycles. The van der Waals surface area contributed by atoms with E-state index in [0.717, 1.165) is 37.2 Å². The van der Waals surface area contributed by atoms with E-state index in [9.17, 15) is 0 Å². The van der Waals surface area contributed by atoms with Crippen LogP contribution in [0.25, 0.3) is 0 Å². The molecule has 33 heavy (non-hydrogen) atoms. The van der Waals surface area contributed by atoms with Crippen LogP contribution in [0, 0.1) is 12.3 Å². The number of nitrogen functional groups attached to an aromatic ring is 1. The quantitative estimate of drug-likeness (QED) is 0.286. The van der Waals surface area contributed by atoms with Gasteiger partial charge in [-0.05, 0) is 32.3 Å². The maximum absolute atomic E-state index is 6.92. The van der Waals surface area contributed by atoms with Gasteiger partial charge in [0.2, 0.25) is 5.88 Å². The maximum Gasteiger partial charge on any atom is 0.217 e. The molecule has 0 atom stereocenters. The van der Waals surface area contributed by atoms with Gasteiger partial charge in [0, 0.05) is 43.7 Å². The minimum absolute atomic E-state index is 0.491. The van der Waals surface area contributed by atoms with Crippen molar-refractivity contribution in [2.75, 3.05) is 43.5 Å². The van der Waals surface area contributed by atoms with Crippen LogP contribution in [0.3, 0.4) is 0 Å². The molecule has 1 aromatic heterocycles. The van der Waals surface area contributed by atoms with Gasteiger partial charge in [0.1, 0.15) is 12.4 Å². The summed E-state index contributed by atoms with van der Waals surface area (Å²) in [6.45, 7) is 20.1. The highest BCUT2D eigenvalue weighted by Crippen LogP contribution is 2.23. The van der Waals surface area contributed by atoms with Crippen LogP contribution in [0.5, 0.6) is 5.88 Å². The summed E-state index contributed by atoms with van der Waals surface area (Å²) in [6.07, 6.45) is 3.55. The molecule has 0 saturated heterocycles. The van der Waals surface area contributed by atoms with Gasteiger partial charge in [-0.2, -0.15) is 4.98 Å². The van der Waals surface area contributed by atoms with Crippen molar-refractivity contribution in [3.05, 3.63) is 47.5 Å². The van der Waals surface area contributed by atoms with Crippen LogP contribution in [0.4, 0.5) is 11.5 Å². The SMILES string of the molecule is CC.CC.CCCN(CCC)c1cc(N)nc(OCCOCC)c1.Cc1cccc(C=N)c1. The molecule has 2 rings (SSSR count). The standard InChI is InChI=1S/C15H27N3O2.C8H9N.2C2H6/c1-4-7-18(8-5-2)13-11-14(16)17-15(12-13)20-10-9-19-6-3;1-7-3-2-4-8(5-7)6-9;2*1-2/h11-12H,4-10H2,1-3H3,(H2,16,17);2-6,9H,1H3;2*1-2H3. The van der Waals surface area contributed by atoms with Gasteiger partial charge < -0.3 is 25.5 Å². The molecule has 0 radical (unpaired) electrons. The van der Waals surface area contributed by atoms with Crippen molar-refractivity contribution in [1.29, 1.82) is 5.41 Å². The van der Waals surface area contributed by atoms with Gasteiger partial charge in [-0.25, -0.2) is 0 Å². The third-order valence-electron chi connectivity index (χ3n) is 4.05. The first-order valence-corrected chi connectivity index (χ1v) is 12.3. The number of hydrogen-bond acceptors (Lipinski definition) is 6. The van der Waals surface area contributed by atoms with Crippen molar-refractivity contribution in [2.45, 2.75) is 68.2 Å². The van der Waals surface area contributed by atoms with E-state index in [-0.39, 0.29) is 0 Å². The molecule has 0 amide bonds. The average Bonchev–Trinajstić information content (AvgIpc) is 2.84. The van der Waals surface area contributed by atoms with E-state index in [1.54, 1.807) is 0 Å². The zero-order valence-electron chi connectivity index (χ0n) is 22.3. The fourth-order valence-electron chi connectivity index (χ4n) is 2.79. The van der Waals surface area contributed by atoms with E-state index < -0.39 is 0 Å². The average molecular weight is 461 g/mol. The molecule has 188 valence electrons. The Hall–Kier alpha value is -2.60. The zero-order chi connectivity index (χ0) is 25.5. The lowest BCUT2D eigenvalue weighted by Gasteiger charge is -2.24. The number of nitrogens with two attached hydrogens (primary N) is 1. The van der Waals surface area contributed by atoms with Gasteiger partial charge in [0.05, 0.1) is 6.61 Å². The summed E-state index contributed by atoms with van der Waals surface area (Å²) in [5.41, 5.74) is 9.12. The molecule has 0 aliphatic carbocycles. The van der Waals surface area contributed by atoms with Gasteiger partial charge in [0.25, 0.3) is 0 Å². The van der Waals surface area contributed by atoms with Gasteiger partial charge in [-0.1, -0.05) is 71.4 Å². The number of aromatic nitrogens is 1. The van der Waals surface area contributed by atoms with Crippen molar-refractivity contribution in [3.63, 3.8) is 0 Å². The van der Waals surface area contributed by atoms with E-state index in [1.807, 2.05) is 77.9 Å². The zero-order valence-corrected chi connectivity index (χ0v) is 22.3. The first-order chi connectivity index (χ1) is 16.0. The Bertz CT molecular complexity index is 717. The minimum Gasteiger partial charge on any atom is -0.475 e. The monoisotopic (exact) mass is 460 g/mol. The second-order valence-electron chi connectivity index (χ2n) is 6.68. The summed E-state index contributed by atoms with van der Waals surface area (Å²) < 4.78 is 10.8. The highest BCUT2D eigenvalue weighted by molar-refractivity contribution is 5.76. The van der Waals surface area contributed by atoms with Crippen molar-refractivity contribution in [1.82, 2.24) is 4.98 Å². The summed E-state index contributed by atoms with van der Waals surface area (Å²) in [5.74, 6) is 1.06. The Kier molecular flexibility index (Phi) is 22.3. The molecular weight excluding hydrogens is 412 g/mol. The molecule has 0 saturated carbocycles. The molecule has 6 nitrogen and oxygen atoms in total. The molecular formula is C27H48N4O2. The number of nitrogens with one attached hydrogen (secondary N) is 1. The van der Waals surface area contributed by atoms with E-state index in [2.05, 4.69) is 23.7 Å². The largest absolute Gasteiger partial charge is 0.475 e. The van der Waals surface area contributed by atoms with Crippen molar-refractivity contribution in [3.8, 4) is 5.88 Å². The van der Waals surface area contributed by atoms with Gasteiger partial charge in [-0.3, -0.25) is 0 Å². The van der Waals surface area contributed by atoms with Crippen LogP contribution < -0.4 is 15.4 Å². The second-order valence-corrected chi connectivity index (χ2v) is 6.68. The van der Waals surface area contributed by atoms with Crippen LogP contribution in [-0.4, -0.2) is 44.1 Å². The molecule has 0 fully saturated rings. The Morgan fingerprint density at radius 1 is 0.970 bits per heavy atom. The second kappa shape index (κ2) is 22.6. The van der Waals surface area contributed by atoms with Gasteiger partial charge >= 0.3 is 0 Å². The van der Waals surface area contributed by atoms with Crippen molar-refractivity contribution < 1.29 is 9.47 Å². The number of pyridine rings is 1. The van der Waals surface area contributed by atoms with Crippen LogP contribution in [0.2, 0.25) is 0 Å². The molecule has 2 aromatic rings. The minimum atomic E-state index is 0.491. The molecule has 0 spiro atoms. The summed E-state index contributed by atoms with van der Waals surface area (Å²) in [4.78, 5) is 6.52. The lowest BCUT2D eigenvalue weighted by Crippen LogP contribution is -2.25. The number of benzene rings is 1. The summed E-state index contributed by atoms with van der Waals surface area (Å²) in [5, 5.41) is 6.92. The number of aryl methyl sites for hydroxylation is 1. The van der Waals surface area contributed by atoms with Crippen LogP contribution >= 0.6 is 0 Å². The van der Waals surface area contributed by atoms with Crippen LogP contribution in [-0.2, 0) is 4.74 Å². The smallest absolute Gasteiger partial charge is 0.217 e. The maximum atomic E-state index is 6.92. The molecule has 0 aliphatic rings. The molecule has 1 heterocycles. The lowest BCUT2D eigenvalue weighted by molar-refractivity contribution is 0.108. The molecule has 0 unspecified atom stereocenters. The predicted molar refractivity (Wildman–Crippen MR) is 145 cm³/mol. The van der Waals surface area contributed by atoms with Gasteiger partial charge in [-0.15, -0.1) is 0 Å². The van der Waals surface area contributed by atoms with E-state index >= 15 is 0 Å². The first-order valence-electron chi connectivity index (χ1n) is 12.3. The normalized spacial score (nSPS) is 9.21. The van der Waals surface area contributed by atoms with Crippen LogP contribution in [0.15, 0.2) is 36.4 Å². The van der Waals surface area contributed by atoms with E-state index in [0.29, 0.717) is 31.5 Å². The summed E-state index contributed by atoms with van der Waals surface area (Å²) in [6, 6.07) is 11.7. The Balaban J connectivity index is 0. The summed E-state index contributed by atoms with van der Waals surface area (Å²) >= 11 is 0. The first kappa shape index (κ1) is 32.6. The number of nitrogens with zero attached hydrogens (tertiary/aromatic N) is 2. The highest BCUT2D eigenvalue weighted by Gasteiger charge is 2.08. The van der Waals surface area contributed by atoms with Gasteiger partial charge in [0.15, 0.2) is 0 Å². The molecule has 0 bridgehead atoms. The Morgan fingerprint density at radius 2 is 1.61 bits per heavy atom. The third-order valence-corrected chi connectivity index (χ3v) is 4.05. The fourth-order valence-corrected chi connectivity index (χ4v) is 2.79. The highest BCUT2D eigenvalue weighted by atomic mass is 16.5. The number of hydrogen-bond donors (Lipinski definition) is 2. The molecule has 3 N–H and O–H groups in total. The topological polar surface area (TPSA) is 84.5 Å². The number of anilines is 2. The fraction of sp³-hybridized carbons (Fsp3) is 0.556. The molecule has 6 heteroatoms. The number of rotatable bonds is 11. The van der Waals surface area contributed by atoms with Crippen LogP contribution in [0.1, 0.15) is 72.4 Å². The van der Waals surface area contributed by atoms with E-state index in [1.165, 1.54) is 11.8 Å². The van der Waals surface area contributed by atoms with Crippen molar-refractivity contribution in [2.24, 2.45) is 0 Å². The third kappa shape index (κ3) is 15.8. The molecule has 1 aromatic carbocycles. The Labute approximate surface area is 203 Å². The van der Waals surface area contributed by atoms with Crippen molar-refractivity contribution >= 4 is 17.7 Å². The number of ether oxygens (including phenoxy) is 2.